The topological polar surface area (TPSA) is 67.6 Å². The Labute approximate surface area is 136 Å². The van der Waals surface area contributed by atoms with Crippen molar-refractivity contribution in [3.8, 4) is 0 Å². The molecule has 1 aliphatic heterocycles. The van der Waals surface area contributed by atoms with E-state index in [-0.39, 0.29) is 11.9 Å². The van der Waals surface area contributed by atoms with Crippen LogP contribution in [-0.2, 0) is 4.74 Å². The molecule has 2 aliphatic carbocycles. The SMILES string of the molecule is O=C(N[C@@H]1CCCC[C@H]1N1CCOCC1)c1cc(C2CC2)on1. The van der Waals surface area contributed by atoms with E-state index in [2.05, 4.69) is 15.4 Å². The molecule has 0 radical (unpaired) electrons. The first-order valence-corrected chi connectivity index (χ1v) is 8.90. The van der Waals surface area contributed by atoms with Crippen LogP contribution in [0.2, 0.25) is 0 Å². The molecule has 6 heteroatoms. The van der Waals surface area contributed by atoms with Gasteiger partial charge in [0.25, 0.3) is 5.91 Å². The summed E-state index contributed by atoms with van der Waals surface area (Å²) in [5, 5.41) is 7.17. The first-order valence-electron chi connectivity index (χ1n) is 8.90. The summed E-state index contributed by atoms with van der Waals surface area (Å²) >= 11 is 0. The number of nitrogens with one attached hydrogen (secondary N) is 1. The van der Waals surface area contributed by atoms with Gasteiger partial charge in [-0.25, -0.2) is 0 Å². The van der Waals surface area contributed by atoms with E-state index < -0.39 is 0 Å². The van der Waals surface area contributed by atoms with Crippen molar-refractivity contribution in [1.82, 2.24) is 15.4 Å². The molecule has 1 N–H and O–H groups in total. The van der Waals surface area contributed by atoms with Crippen LogP contribution in [0.15, 0.2) is 10.6 Å². The van der Waals surface area contributed by atoms with Crippen LogP contribution in [0.1, 0.15) is 60.7 Å². The molecule has 2 heterocycles. The minimum Gasteiger partial charge on any atom is -0.379 e. The molecule has 4 rings (SSSR count). The number of morpholine rings is 1. The molecule has 1 amide bonds. The molecule has 126 valence electrons. The number of carbonyl (C=O) groups is 1. The standard InChI is InChI=1S/C17H25N3O3/c21-17(14-11-16(23-19-14)12-5-6-12)18-13-3-1-2-4-15(13)20-7-9-22-10-8-20/h11-13,15H,1-10H2,(H,18,21)/t13-,15-/m1/s1. The lowest BCUT2D eigenvalue weighted by molar-refractivity contribution is 0.0000884. The number of hydrogen-bond acceptors (Lipinski definition) is 5. The Kier molecular flexibility index (Phi) is 4.35. The monoisotopic (exact) mass is 319 g/mol. The molecule has 23 heavy (non-hydrogen) atoms. The first kappa shape index (κ1) is 15.1. The molecule has 2 atom stereocenters. The third-order valence-corrected chi connectivity index (χ3v) is 5.30. The summed E-state index contributed by atoms with van der Waals surface area (Å²) in [5.41, 5.74) is 0.429. The van der Waals surface area contributed by atoms with Gasteiger partial charge in [0.2, 0.25) is 0 Å². The van der Waals surface area contributed by atoms with Gasteiger partial charge in [-0.3, -0.25) is 9.69 Å². The molecule has 3 aliphatic rings. The molecule has 0 aromatic carbocycles. The van der Waals surface area contributed by atoms with Gasteiger partial charge in [0, 0.05) is 37.2 Å². The molecule has 1 saturated heterocycles. The predicted octanol–water partition coefficient (Wildman–Crippen LogP) is 1.93. The van der Waals surface area contributed by atoms with Crippen molar-refractivity contribution in [1.29, 1.82) is 0 Å². The Hall–Kier alpha value is -1.40. The zero-order valence-corrected chi connectivity index (χ0v) is 13.5. The van der Waals surface area contributed by atoms with Crippen LogP contribution >= 0.6 is 0 Å². The fourth-order valence-corrected chi connectivity index (χ4v) is 3.82. The number of rotatable bonds is 4. The van der Waals surface area contributed by atoms with Gasteiger partial charge in [-0.05, 0) is 25.7 Å². The van der Waals surface area contributed by atoms with E-state index in [0.29, 0.717) is 17.7 Å². The first-order chi connectivity index (χ1) is 11.3. The lowest BCUT2D eigenvalue weighted by Crippen LogP contribution is -2.56. The second-order valence-corrected chi connectivity index (χ2v) is 6.97. The molecule has 0 unspecified atom stereocenters. The average molecular weight is 319 g/mol. The molecule has 2 saturated carbocycles. The zero-order valence-electron chi connectivity index (χ0n) is 13.5. The van der Waals surface area contributed by atoms with Crippen LogP contribution in [0.5, 0.6) is 0 Å². The fourth-order valence-electron chi connectivity index (χ4n) is 3.82. The van der Waals surface area contributed by atoms with Gasteiger partial charge >= 0.3 is 0 Å². The number of carbonyl (C=O) groups excluding carboxylic acids is 1. The number of hydrogen-bond donors (Lipinski definition) is 1. The van der Waals surface area contributed by atoms with Crippen molar-refractivity contribution in [2.75, 3.05) is 26.3 Å². The highest BCUT2D eigenvalue weighted by Crippen LogP contribution is 2.40. The Morgan fingerprint density at radius 3 is 2.74 bits per heavy atom. The normalized spacial score (nSPS) is 29.4. The van der Waals surface area contributed by atoms with Crippen LogP contribution in [0.4, 0.5) is 0 Å². The zero-order chi connectivity index (χ0) is 15.6. The van der Waals surface area contributed by atoms with Gasteiger partial charge in [-0.2, -0.15) is 0 Å². The molecular formula is C17H25N3O3. The van der Waals surface area contributed by atoms with Gasteiger partial charge < -0.3 is 14.6 Å². The number of nitrogens with zero attached hydrogens (tertiary/aromatic N) is 2. The van der Waals surface area contributed by atoms with Crippen LogP contribution < -0.4 is 5.32 Å². The largest absolute Gasteiger partial charge is 0.379 e. The van der Waals surface area contributed by atoms with Gasteiger partial charge in [-0.1, -0.05) is 18.0 Å². The molecule has 1 aromatic heterocycles. The second-order valence-electron chi connectivity index (χ2n) is 6.97. The third-order valence-electron chi connectivity index (χ3n) is 5.30. The van der Waals surface area contributed by atoms with Crippen molar-refractivity contribution < 1.29 is 14.1 Å². The van der Waals surface area contributed by atoms with Crippen molar-refractivity contribution in [2.45, 2.75) is 56.5 Å². The highest BCUT2D eigenvalue weighted by atomic mass is 16.5. The predicted molar refractivity (Wildman–Crippen MR) is 84.4 cm³/mol. The van der Waals surface area contributed by atoms with E-state index in [9.17, 15) is 4.79 Å². The molecule has 0 spiro atoms. The minimum atomic E-state index is -0.0918. The highest BCUT2D eigenvalue weighted by molar-refractivity contribution is 5.92. The molecule has 3 fully saturated rings. The summed E-state index contributed by atoms with van der Waals surface area (Å²) in [6.07, 6.45) is 6.91. The summed E-state index contributed by atoms with van der Waals surface area (Å²) in [7, 11) is 0. The summed E-state index contributed by atoms with van der Waals surface area (Å²) in [6.45, 7) is 3.52. The molecule has 0 bridgehead atoms. The maximum Gasteiger partial charge on any atom is 0.273 e. The van der Waals surface area contributed by atoms with Crippen LogP contribution in [0.3, 0.4) is 0 Å². The fraction of sp³-hybridized carbons (Fsp3) is 0.765. The summed E-state index contributed by atoms with van der Waals surface area (Å²) < 4.78 is 10.8. The number of amides is 1. The van der Waals surface area contributed by atoms with E-state index in [1.165, 1.54) is 12.8 Å². The van der Waals surface area contributed by atoms with E-state index in [4.69, 9.17) is 9.26 Å². The second kappa shape index (κ2) is 6.61. The Bertz CT molecular complexity index is 549. The Morgan fingerprint density at radius 1 is 1.17 bits per heavy atom. The summed E-state index contributed by atoms with van der Waals surface area (Å²) in [4.78, 5) is 15.0. The maximum atomic E-state index is 12.5. The third kappa shape index (κ3) is 3.43. The summed E-state index contributed by atoms with van der Waals surface area (Å²) in [5.74, 6) is 1.26. The lowest BCUT2D eigenvalue weighted by atomic mass is 9.88. The van der Waals surface area contributed by atoms with E-state index >= 15 is 0 Å². The van der Waals surface area contributed by atoms with Crippen LogP contribution in [0.25, 0.3) is 0 Å². The Morgan fingerprint density at radius 2 is 1.96 bits per heavy atom. The van der Waals surface area contributed by atoms with Crippen LogP contribution in [-0.4, -0.2) is 54.4 Å². The molecular weight excluding hydrogens is 294 g/mol. The van der Waals surface area contributed by atoms with E-state index in [1.54, 1.807) is 0 Å². The minimum absolute atomic E-state index is 0.0918. The van der Waals surface area contributed by atoms with Gasteiger partial charge in [0.05, 0.1) is 13.2 Å². The van der Waals surface area contributed by atoms with Crippen molar-refractivity contribution in [3.05, 3.63) is 17.5 Å². The number of ether oxygens (including phenoxy) is 1. The van der Waals surface area contributed by atoms with Crippen molar-refractivity contribution in [3.63, 3.8) is 0 Å². The highest BCUT2D eigenvalue weighted by Gasteiger charge is 2.33. The van der Waals surface area contributed by atoms with Gasteiger partial charge in [-0.15, -0.1) is 0 Å². The average Bonchev–Trinajstić information content (AvgIpc) is 3.33. The quantitative estimate of drug-likeness (QED) is 0.918. The maximum absolute atomic E-state index is 12.5. The van der Waals surface area contributed by atoms with E-state index in [0.717, 1.165) is 57.7 Å². The molecule has 6 nitrogen and oxygen atoms in total. The Balaban J connectivity index is 1.40. The van der Waals surface area contributed by atoms with Crippen molar-refractivity contribution in [2.24, 2.45) is 0 Å². The number of aromatic nitrogens is 1. The van der Waals surface area contributed by atoms with Crippen LogP contribution in [0, 0.1) is 0 Å². The van der Waals surface area contributed by atoms with E-state index in [1.807, 2.05) is 6.07 Å². The van der Waals surface area contributed by atoms with Gasteiger partial charge in [0.15, 0.2) is 5.69 Å². The summed E-state index contributed by atoms with van der Waals surface area (Å²) in [6, 6.07) is 2.45. The molecule has 1 aromatic rings. The van der Waals surface area contributed by atoms with Gasteiger partial charge in [0.1, 0.15) is 5.76 Å². The van der Waals surface area contributed by atoms with Crippen molar-refractivity contribution >= 4 is 5.91 Å². The smallest absolute Gasteiger partial charge is 0.273 e. The lowest BCUT2D eigenvalue weighted by Gasteiger charge is -2.41.